The van der Waals surface area contributed by atoms with Gasteiger partial charge in [-0.25, -0.2) is 0 Å². The van der Waals surface area contributed by atoms with E-state index in [9.17, 15) is 26.4 Å². The molecule has 0 spiro atoms. The molecule has 1 atom stereocenters. The molecule has 10 heteroatoms. The van der Waals surface area contributed by atoms with Crippen LogP contribution in [-0.4, -0.2) is 39.0 Å². The molecule has 170 valence electrons. The molecule has 0 heterocycles. The Morgan fingerprint density at radius 1 is 1.13 bits per heavy atom. The third-order valence-electron chi connectivity index (χ3n) is 4.67. The number of amides is 1. The topological polar surface area (TPSA) is 72.9 Å². The van der Waals surface area contributed by atoms with Gasteiger partial charge < -0.3 is 13.8 Å². The average molecular weight is 459 g/mol. The molecule has 0 N–H and O–H groups in total. The van der Waals surface area contributed by atoms with Crippen LogP contribution < -0.4 is 4.18 Å². The van der Waals surface area contributed by atoms with Crippen LogP contribution in [0.25, 0.3) is 0 Å². The van der Waals surface area contributed by atoms with E-state index < -0.39 is 26.8 Å². The van der Waals surface area contributed by atoms with Crippen molar-refractivity contribution in [3.05, 3.63) is 59.7 Å². The SMILES string of the molecule is CCC(C)N(Cc1ccccc1OS(=O)(=O)c1cccc(C(F)(F)F)c1)C(=O)COC. The summed E-state index contributed by atoms with van der Waals surface area (Å²) in [5.41, 5.74) is -0.707. The van der Waals surface area contributed by atoms with Gasteiger partial charge in [-0.1, -0.05) is 31.2 Å². The summed E-state index contributed by atoms with van der Waals surface area (Å²) in [7, 11) is -3.14. The molecular weight excluding hydrogens is 435 g/mol. The fourth-order valence-electron chi connectivity index (χ4n) is 2.81. The molecule has 1 unspecified atom stereocenters. The molecule has 2 aromatic rings. The van der Waals surface area contributed by atoms with E-state index in [4.69, 9.17) is 8.92 Å². The summed E-state index contributed by atoms with van der Waals surface area (Å²) in [5.74, 6) is -0.356. The number of carbonyl (C=O) groups excluding carboxylic acids is 1. The van der Waals surface area contributed by atoms with E-state index in [1.165, 1.54) is 24.1 Å². The predicted molar refractivity (Wildman–Crippen MR) is 108 cm³/mol. The zero-order chi connectivity index (χ0) is 23.2. The number of carbonyl (C=O) groups is 1. The Bertz CT molecular complexity index is 1010. The normalized spacial score (nSPS) is 13.0. The number of hydrogen-bond donors (Lipinski definition) is 0. The maximum absolute atomic E-state index is 13.0. The first-order valence-corrected chi connectivity index (χ1v) is 10.9. The summed E-state index contributed by atoms with van der Waals surface area (Å²) in [6.45, 7) is 3.65. The van der Waals surface area contributed by atoms with E-state index >= 15 is 0 Å². The van der Waals surface area contributed by atoms with Crippen LogP contribution >= 0.6 is 0 Å². The predicted octanol–water partition coefficient (Wildman–Crippen LogP) is 4.25. The lowest BCUT2D eigenvalue weighted by Crippen LogP contribution is -2.40. The maximum Gasteiger partial charge on any atom is 0.416 e. The first kappa shape index (κ1) is 24.7. The van der Waals surface area contributed by atoms with Crippen molar-refractivity contribution in [1.29, 1.82) is 0 Å². The molecular formula is C21H24F3NO5S. The average Bonchev–Trinajstić information content (AvgIpc) is 2.72. The van der Waals surface area contributed by atoms with E-state index in [1.807, 2.05) is 13.8 Å². The highest BCUT2D eigenvalue weighted by Crippen LogP contribution is 2.31. The van der Waals surface area contributed by atoms with Crippen LogP contribution in [-0.2, 0) is 32.4 Å². The second-order valence-electron chi connectivity index (χ2n) is 6.88. The van der Waals surface area contributed by atoms with Gasteiger partial charge in [-0.15, -0.1) is 0 Å². The molecule has 2 rings (SSSR count). The minimum atomic E-state index is -4.69. The van der Waals surface area contributed by atoms with Crippen molar-refractivity contribution >= 4 is 16.0 Å². The molecule has 0 radical (unpaired) electrons. The Kier molecular flexibility index (Phi) is 8.08. The highest BCUT2D eigenvalue weighted by Gasteiger charge is 2.32. The number of ether oxygens (including phenoxy) is 1. The van der Waals surface area contributed by atoms with E-state index in [-0.39, 0.29) is 30.9 Å². The van der Waals surface area contributed by atoms with Crippen LogP contribution in [0.5, 0.6) is 5.75 Å². The summed E-state index contributed by atoms with van der Waals surface area (Å²) in [5, 5.41) is 0. The molecule has 0 saturated heterocycles. The van der Waals surface area contributed by atoms with Crippen molar-refractivity contribution in [3.8, 4) is 5.75 Å². The Morgan fingerprint density at radius 2 is 1.81 bits per heavy atom. The van der Waals surface area contributed by atoms with Gasteiger partial charge in [0.2, 0.25) is 5.91 Å². The number of methoxy groups -OCH3 is 1. The number of para-hydroxylation sites is 1. The number of alkyl halides is 3. The van der Waals surface area contributed by atoms with Gasteiger partial charge in [-0.3, -0.25) is 4.79 Å². The minimum Gasteiger partial charge on any atom is -0.379 e. The zero-order valence-electron chi connectivity index (χ0n) is 17.3. The number of halogens is 3. The van der Waals surface area contributed by atoms with Crippen LogP contribution in [0.3, 0.4) is 0 Å². The van der Waals surface area contributed by atoms with Gasteiger partial charge in [0, 0.05) is 25.3 Å². The third kappa shape index (κ3) is 6.44. The molecule has 0 saturated carbocycles. The van der Waals surface area contributed by atoms with Crippen molar-refractivity contribution in [2.24, 2.45) is 0 Å². The van der Waals surface area contributed by atoms with Crippen molar-refractivity contribution in [2.45, 2.75) is 43.9 Å². The van der Waals surface area contributed by atoms with E-state index in [0.717, 1.165) is 18.2 Å². The summed E-state index contributed by atoms with van der Waals surface area (Å²) in [6.07, 6.45) is -4.04. The van der Waals surface area contributed by atoms with Crippen LogP contribution in [0.1, 0.15) is 31.4 Å². The van der Waals surface area contributed by atoms with Gasteiger partial charge in [0.05, 0.1) is 5.56 Å². The Morgan fingerprint density at radius 3 is 2.42 bits per heavy atom. The van der Waals surface area contributed by atoms with Crippen LogP contribution in [0.4, 0.5) is 13.2 Å². The van der Waals surface area contributed by atoms with E-state index in [1.54, 1.807) is 12.1 Å². The smallest absolute Gasteiger partial charge is 0.379 e. The summed E-state index contributed by atoms with van der Waals surface area (Å²) < 4.78 is 74.3. The van der Waals surface area contributed by atoms with Crippen molar-refractivity contribution in [3.63, 3.8) is 0 Å². The lowest BCUT2D eigenvalue weighted by atomic mass is 10.1. The van der Waals surface area contributed by atoms with Crippen LogP contribution in [0.15, 0.2) is 53.4 Å². The molecule has 6 nitrogen and oxygen atoms in total. The summed E-state index contributed by atoms with van der Waals surface area (Å²) in [4.78, 5) is 13.3. The number of hydrogen-bond acceptors (Lipinski definition) is 5. The molecule has 31 heavy (non-hydrogen) atoms. The Balaban J connectivity index is 2.36. The van der Waals surface area contributed by atoms with Crippen molar-refractivity contribution < 1.29 is 35.3 Å². The lowest BCUT2D eigenvalue weighted by Gasteiger charge is -2.29. The van der Waals surface area contributed by atoms with E-state index in [2.05, 4.69) is 0 Å². The standard InChI is InChI=1S/C21H24F3NO5S/c1-4-15(2)25(20(26)14-29-3)13-16-8-5-6-11-19(16)30-31(27,28)18-10-7-9-17(12-18)21(22,23)24/h5-12,15H,4,13-14H2,1-3H3. The number of nitrogens with zero attached hydrogens (tertiary/aromatic N) is 1. The monoisotopic (exact) mass is 459 g/mol. The van der Waals surface area contributed by atoms with E-state index in [0.29, 0.717) is 18.1 Å². The van der Waals surface area contributed by atoms with Gasteiger partial charge >= 0.3 is 16.3 Å². The largest absolute Gasteiger partial charge is 0.416 e. The van der Waals surface area contributed by atoms with Gasteiger partial charge in [-0.05, 0) is 37.6 Å². The quantitative estimate of drug-likeness (QED) is 0.525. The van der Waals surface area contributed by atoms with Gasteiger partial charge in [0.1, 0.15) is 17.3 Å². The fraction of sp³-hybridized carbons (Fsp3) is 0.381. The van der Waals surface area contributed by atoms with Crippen molar-refractivity contribution in [1.82, 2.24) is 4.90 Å². The molecule has 0 aromatic heterocycles. The lowest BCUT2D eigenvalue weighted by molar-refractivity contribution is -0.138. The van der Waals surface area contributed by atoms with Crippen LogP contribution in [0, 0.1) is 0 Å². The first-order valence-electron chi connectivity index (χ1n) is 9.47. The Labute approximate surface area is 179 Å². The fourth-order valence-corrected chi connectivity index (χ4v) is 3.82. The molecule has 0 bridgehead atoms. The minimum absolute atomic E-state index is 0.0471. The second kappa shape index (κ2) is 10.1. The molecule has 0 aliphatic heterocycles. The molecule has 0 aliphatic rings. The van der Waals surface area contributed by atoms with Gasteiger partial charge in [0.15, 0.2) is 0 Å². The second-order valence-corrected chi connectivity index (χ2v) is 8.43. The highest BCUT2D eigenvalue weighted by atomic mass is 32.2. The maximum atomic E-state index is 13.0. The molecule has 0 aliphatic carbocycles. The van der Waals surface area contributed by atoms with Gasteiger partial charge in [-0.2, -0.15) is 21.6 Å². The third-order valence-corrected chi connectivity index (χ3v) is 5.90. The molecule has 0 fully saturated rings. The number of benzene rings is 2. The number of rotatable bonds is 9. The summed E-state index contributed by atoms with van der Waals surface area (Å²) in [6, 6.07) is 9.32. The first-order chi connectivity index (χ1) is 14.5. The van der Waals surface area contributed by atoms with Crippen LogP contribution in [0.2, 0.25) is 0 Å². The molecule has 2 aromatic carbocycles. The highest BCUT2D eigenvalue weighted by molar-refractivity contribution is 7.87. The summed E-state index contributed by atoms with van der Waals surface area (Å²) >= 11 is 0. The van der Waals surface area contributed by atoms with Gasteiger partial charge in [0.25, 0.3) is 0 Å². The van der Waals surface area contributed by atoms with Crippen molar-refractivity contribution in [2.75, 3.05) is 13.7 Å². The zero-order valence-corrected chi connectivity index (χ0v) is 18.2. The molecule has 1 amide bonds. The Hall–Kier alpha value is -2.59.